The number of amides is 1. The second-order valence-electron chi connectivity index (χ2n) is 5.38. The SMILES string of the molecule is C=CCOc1ccc(/C=C(\C#N)C(=O)Nc2ccc(C)c(Cl)c2)cc1Br. The standard InChI is InChI=1S/C20H16BrClN2O2/c1-3-8-26-19-7-5-14(10-17(19)21)9-15(12-23)20(25)24-16-6-4-13(2)18(22)11-16/h3-7,9-11H,1,8H2,2H3,(H,24,25)/b15-9+. The van der Waals surface area contributed by atoms with Crippen LogP contribution in [0.4, 0.5) is 5.69 Å². The molecule has 132 valence electrons. The maximum Gasteiger partial charge on any atom is 0.266 e. The number of carbonyl (C=O) groups is 1. The molecular formula is C20H16BrClN2O2. The average Bonchev–Trinajstić information content (AvgIpc) is 2.62. The molecule has 2 aromatic carbocycles. The second kappa shape index (κ2) is 9.23. The smallest absolute Gasteiger partial charge is 0.266 e. The zero-order valence-corrected chi connectivity index (χ0v) is 16.4. The summed E-state index contributed by atoms with van der Waals surface area (Å²) in [5, 5.41) is 12.5. The van der Waals surface area contributed by atoms with Crippen molar-refractivity contribution in [3.8, 4) is 11.8 Å². The zero-order chi connectivity index (χ0) is 19.1. The van der Waals surface area contributed by atoms with Gasteiger partial charge in [-0.25, -0.2) is 0 Å². The normalized spacial score (nSPS) is 10.8. The van der Waals surface area contributed by atoms with Crippen LogP contribution in [0.3, 0.4) is 0 Å². The molecule has 0 aromatic heterocycles. The van der Waals surface area contributed by atoms with Crippen molar-refractivity contribution >= 4 is 45.2 Å². The summed E-state index contributed by atoms with van der Waals surface area (Å²) in [7, 11) is 0. The summed E-state index contributed by atoms with van der Waals surface area (Å²) in [4.78, 5) is 12.3. The Morgan fingerprint density at radius 2 is 2.15 bits per heavy atom. The van der Waals surface area contributed by atoms with Crippen molar-refractivity contribution in [2.24, 2.45) is 0 Å². The molecule has 0 spiro atoms. The van der Waals surface area contributed by atoms with Gasteiger partial charge in [-0.2, -0.15) is 5.26 Å². The Kier molecular flexibility index (Phi) is 7.02. The average molecular weight is 432 g/mol. The molecule has 0 saturated heterocycles. The first kappa shape index (κ1) is 19.8. The van der Waals surface area contributed by atoms with Gasteiger partial charge >= 0.3 is 0 Å². The summed E-state index contributed by atoms with van der Waals surface area (Å²) >= 11 is 9.46. The molecule has 0 aliphatic rings. The summed E-state index contributed by atoms with van der Waals surface area (Å²) in [6.45, 7) is 5.86. The Balaban J connectivity index is 2.19. The van der Waals surface area contributed by atoms with E-state index in [2.05, 4.69) is 27.8 Å². The van der Waals surface area contributed by atoms with Crippen molar-refractivity contribution in [3.63, 3.8) is 0 Å². The number of nitrogens with zero attached hydrogens (tertiary/aromatic N) is 1. The van der Waals surface area contributed by atoms with Gasteiger partial charge in [0.1, 0.15) is 24.0 Å². The highest BCUT2D eigenvalue weighted by Gasteiger charge is 2.11. The van der Waals surface area contributed by atoms with E-state index in [-0.39, 0.29) is 5.57 Å². The van der Waals surface area contributed by atoms with Gasteiger partial charge in [-0.05, 0) is 64.3 Å². The van der Waals surface area contributed by atoms with E-state index in [9.17, 15) is 10.1 Å². The molecule has 0 bridgehead atoms. The molecule has 0 atom stereocenters. The van der Waals surface area contributed by atoms with Gasteiger partial charge < -0.3 is 10.1 Å². The maximum absolute atomic E-state index is 12.3. The predicted molar refractivity (Wildman–Crippen MR) is 108 cm³/mol. The number of ether oxygens (including phenoxy) is 1. The number of hydrogen-bond acceptors (Lipinski definition) is 3. The Bertz CT molecular complexity index is 917. The van der Waals surface area contributed by atoms with E-state index in [1.165, 1.54) is 6.08 Å². The maximum atomic E-state index is 12.3. The predicted octanol–water partition coefficient (Wildman–Crippen LogP) is 5.52. The minimum absolute atomic E-state index is 0.0200. The number of rotatable bonds is 6. The third kappa shape index (κ3) is 5.22. The molecule has 0 fully saturated rings. The summed E-state index contributed by atoms with van der Waals surface area (Å²) in [6.07, 6.45) is 3.16. The first-order chi connectivity index (χ1) is 12.4. The van der Waals surface area contributed by atoms with E-state index in [1.807, 2.05) is 13.0 Å². The lowest BCUT2D eigenvalue weighted by molar-refractivity contribution is -0.112. The molecule has 2 rings (SSSR count). The van der Waals surface area contributed by atoms with Crippen LogP contribution >= 0.6 is 27.5 Å². The lowest BCUT2D eigenvalue weighted by Gasteiger charge is -2.08. The first-order valence-corrected chi connectivity index (χ1v) is 8.84. The third-order valence-electron chi connectivity index (χ3n) is 3.42. The fraction of sp³-hybridized carbons (Fsp3) is 0.100. The van der Waals surface area contributed by atoms with Gasteiger partial charge in [0, 0.05) is 10.7 Å². The number of halogens is 2. The minimum atomic E-state index is -0.504. The Morgan fingerprint density at radius 3 is 2.77 bits per heavy atom. The van der Waals surface area contributed by atoms with Gasteiger partial charge in [0.05, 0.1) is 4.47 Å². The van der Waals surface area contributed by atoms with Crippen molar-refractivity contribution < 1.29 is 9.53 Å². The lowest BCUT2D eigenvalue weighted by Crippen LogP contribution is -2.13. The van der Waals surface area contributed by atoms with Crippen molar-refractivity contribution in [1.82, 2.24) is 0 Å². The quantitative estimate of drug-likeness (QED) is 0.372. The highest BCUT2D eigenvalue weighted by atomic mass is 79.9. The van der Waals surface area contributed by atoms with Gasteiger partial charge in [-0.15, -0.1) is 0 Å². The molecule has 0 unspecified atom stereocenters. The van der Waals surface area contributed by atoms with Crippen molar-refractivity contribution in [2.75, 3.05) is 11.9 Å². The van der Waals surface area contributed by atoms with E-state index in [0.29, 0.717) is 28.6 Å². The Hall–Kier alpha value is -2.55. The molecular weight excluding hydrogens is 416 g/mol. The number of nitrogens with one attached hydrogen (secondary N) is 1. The number of nitriles is 1. The summed E-state index contributed by atoms with van der Waals surface area (Å²) in [6, 6.07) is 12.4. The summed E-state index contributed by atoms with van der Waals surface area (Å²) in [5.41, 5.74) is 2.11. The van der Waals surface area contributed by atoms with Crippen LogP contribution in [0.1, 0.15) is 11.1 Å². The van der Waals surface area contributed by atoms with Crippen LogP contribution in [0, 0.1) is 18.3 Å². The second-order valence-corrected chi connectivity index (χ2v) is 6.64. The molecule has 0 radical (unpaired) electrons. The molecule has 0 aliphatic carbocycles. The monoisotopic (exact) mass is 430 g/mol. The topological polar surface area (TPSA) is 62.1 Å². The van der Waals surface area contributed by atoms with E-state index in [0.717, 1.165) is 10.0 Å². The van der Waals surface area contributed by atoms with Crippen LogP contribution in [-0.4, -0.2) is 12.5 Å². The van der Waals surface area contributed by atoms with Crippen LogP contribution in [0.25, 0.3) is 6.08 Å². The lowest BCUT2D eigenvalue weighted by atomic mass is 10.1. The largest absolute Gasteiger partial charge is 0.488 e. The molecule has 2 aromatic rings. The molecule has 4 nitrogen and oxygen atoms in total. The number of benzene rings is 2. The first-order valence-electron chi connectivity index (χ1n) is 7.67. The van der Waals surface area contributed by atoms with Crippen LogP contribution in [-0.2, 0) is 4.79 Å². The highest BCUT2D eigenvalue weighted by Crippen LogP contribution is 2.27. The number of anilines is 1. The minimum Gasteiger partial charge on any atom is -0.488 e. The van der Waals surface area contributed by atoms with Crippen LogP contribution < -0.4 is 10.1 Å². The summed E-state index contributed by atoms with van der Waals surface area (Å²) < 4.78 is 6.20. The van der Waals surface area contributed by atoms with E-state index in [1.54, 1.807) is 42.5 Å². The molecule has 26 heavy (non-hydrogen) atoms. The van der Waals surface area contributed by atoms with Gasteiger partial charge in [0.2, 0.25) is 0 Å². The number of aryl methyl sites for hydroxylation is 1. The molecule has 0 heterocycles. The van der Waals surface area contributed by atoms with Crippen molar-refractivity contribution in [2.45, 2.75) is 6.92 Å². The van der Waals surface area contributed by atoms with Gasteiger partial charge in [-0.3, -0.25) is 4.79 Å². The van der Waals surface area contributed by atoms with Gasteiger partial charge in [0.15, 0.2) is 0 Å². The van der Waals surface area contributed by atoms with Crippen LogP contribution in [0.5, 0.6) is 5.75 Å². The van der Waals surface area contributed by atoms with Crippen LogP contribution in [0.2, 0.25) is 5.02 Å². The van der Waals surface area contributed by atoms with Crippen molar-refractivity contribution in [3.05, 3.63) is 75.2 Å². The highest BCUT2D eigenvalue weighted by molar-refractivity contribution is 9.10. The van der Waals surface area contributed by atoms with Crippen molar-refractivity contribution in [1.29, 1.82) is 5.26 Å². The number of carbonyl (C=O) groups excluding carboxylic acids is 1. The van der Waals surface area contributed by atoms with Crippen LogP contribution in [0.15, 0.2) is 59.1 Å². The van der Waals surface area contributed by atoms with Gasteiger partial charge in [-0.1, -0.05) is 36.4 Å². The fourth-order valence-corrected chi connectivity index (χ4v) is 2.75. The third-order valence-corrected chi connectivity index (χ3v) is 4.45. The zero-order valence-electron chi connectivity index (χ0n) is 14.1. The fourth-order valence-electron chi connectivity index (χ4n) is 2.06. The molecule has 0 saturated carbocycles. The summed E-state index contributed by atoms with van der Waals surface area (Å²) in [5.74, 6) is 0.148. The molecule has 6 heteroatoms. The Labute approximate surface area is 165 Å². The molecule has 1 amide bonds. The van der Waals surface area contributed by atoms with Gasteiger partial charge in [0.25, 0.3) is 5.91 Å². The Morgan fingerprint density at radius 1 is 1.38 bits per heavy atom. The van der Waals surface area contributed by atoms with E-state index in [4.69, 9.17) is 16.3 Å². The number of hydrogen-bond donors (Lipinski definition) is 1. The van der Waals surface area contributed by atoms with E-state index < -0.39 is 5.91 Å². The van der Waals surface area contributed by atoms with E-state index >= 15 is 0 Å². The molecule has 1 N–H and O–H groups in total. The molecule has 0 aliphatic heterocycles.